The van der Waals surface area contributed by atoms with Gasteiger partial charge in [0, 0.05) is 25.2 Å². The summed E-state index contributed by atoms with van der Waals surface area (Å²) in [6.07, 6.45) is 2.54. The minimum absolute atomic E-state index is 0.451. The first kappa shape index (κ1) is 10.0. The van der Waals surface area contributed by atoms with Crippen molar-refractivity contribution in [1.82, 2.24) is 10.2 Å². The zero-order valence-corrected chi connectivity index (χ0v) is 8.69. The Bertz CT molecular complexity index is 130. The lowest BCUT2D eigenvalue weighted by molar-refractivity contribution is 0.0576. The Kier molecular flexibility index (Phi) is 3.53. The molecule has 0 bridgehead atoms. The van der Waals surface area contributed by atoms with Crippen LogP contribution >= 0.6 is 0 Å². The molecule has 1 fully saturated rings. The van der Waals surface area contributed by atoms with Gasteiger partial charge in [0.05, 0.1) is 0 Å². The van der Waals surface area contributed by atoms with Crippen LogP contribution in [-0.4, -0.2) is 36.6 Å². The van der Waals surface area contributed by atoms with Gasteiger partial charge in [-0.05, 0) is 19.4 Å². The molecule has 2 heteroatoms. The van der Waals surface area contributed by atoms with Gasteiger partial charge in [-0.1, -0.05) is 20.8 Å². The van der Waals surface area contributed by atoms with Gasteiger partial charge in [0.25, 0.3) is 0 Å². The predicted molar refractivity (Wildman–Crippen MR) is 53.4 cm³/mol. The van der Waals surface area contributed by atoms with Crippen LogP contribution in [0.2, 0.25) is 0 Å². The van der Waals surface area contributed by atoms with Gasteiger partial charge in [0.1, 0.15) is 0 Å². The molecule has 0 aromatic rings. The van der Waals surface area contributed by atoms with Gasteiger partial charge in [0.15, 0.2) is 0 Å². The summed E-state index contributed by atoms with van der Waals surface area (Å²) in [6, 6.07) is 0. The first-order valence-corrected chi connectivity index (χ1v) is 5.25. The van der Waals surface area contributed by atoms with Crippen LogP contribution in [0.3, 0.4) is 0 Å². The van der Waals surface area contributed by atoms with Crippen LogP contribution in [0.25, 0.3) is 0 Å². The fourth-order valence-corrected chi connectivity index (χ4v) is 2.32. The molecule has 2 nitrogen and oxygen atoms in total. The fourth-order valence-electron chi connectivity index (χ4n) is 2.32. The minimum atomic E-state index is 0.451. The lowest BCUT2D eigenvalue weighted by Gasteiger charge is -2.46. The molecule has 0 aliphatic carbocycles. The SMILES string of the molecule is CCN1CCNCC1(CC)CC. The molecule has 0 radical (unpaired) electrons. The second-order valence-corrected chi connectivity index (χ2v) is 3.69. The largest absolute Gasteiger partial charge is 0.314 e. The maximum Gasteiger partial charge on any atom is 0.0329 e. The molecule has 0 atom stereocenters. The molecule has 12 heavy (non-hydrogen) atoms. The van der Waals surface area contributed by atoms with Crippen LogP contribution in [0.5, 0.6) is 0 Å². The van der Waals surface area contributed by atoms with E-state index in [-0.39, 0.29) is 0 Å². The minimum Gasteiger partial charge on any atom is -0.314 e. The van der Waals surface area contributed by atoms with Gasteiger partial charge in [-0.3, -0.25) is 4.90 Å². The van der Waals surface area contributed by atoms with Gasteiger partial charge >= 0.3 is 0 Å². The Morgan fingerprint density at radius 2 is 1.92 bits per heavy atom. The molecule has 0 saturated carbocycles. The van der Waals surface area contributed by atoms with E-state index in [1.165, 1.54) is 32.5 Å². The normalized spacial score (nSPS) is 24.2. The van der Waals surface area contributed by atoms with Crippen LogP contribution in [0.4, 0.5) is 0 Å². The van der Waals surface area contributed by atoms with Crippen LogP contribution in [0.15, 0.2) is 0 Å². The lowest BCUT2D eigenvalue weighted by atomic mass is 9.89. The van der Waals surface area contributed by atoms with Crippen LogP contribution in [0.1, 0.15) is 33.6 Å². The topological polar surface area (TPSA) is 15.3 Å². The molecular weight excluding hydrogens is 148 g/mol. The number of hydrogen-bond acceptors (Lipinski definition) is 2. The van der Waals surface area contributed by atoms with Crippen molar-refractivity contribution >= 4 is 0 Å². The molecule has 72 valence electrons. The third-order valence-electron chi connectivity index (χ3n) is 3.38. The number of likely N-dealkylation sites (N-methyl/N-ethyl adjacent to an activating group) is 1. The van der Waals surface area contributed by atoms with Crippen molar-refractivity contribution in [2.45, 2.75) is 39.2 Å². The summed E-state index contributed by atoms with van der Waals surface area (Å²) < 4.78 is 0. The van der Waals surface area contributed by atoms with Gasteiger partial charge in [-0.15, -0.1) is 0 Å². The summed E-state index contributed by atoms with van der Waals surface area (Å²) in [7, 11) is 0. The Balaban J connectivity index is 2.66. The average Bonchev–Trinajstić information content (AvgIpc) is 2.17. The highest BCUT2D eigenvalue weighted by Crippen LogP contribution is 2.24. The van der Waals surface area contributed by atoms with Crippen molar-refractivity contribution < 1.29 is 0 Å². The second-order valence-electron chi connectivity index (χ2n) is 3.69. The van der Waals surface area contributed by atoms with E-state index in [4.69, 9.17) is 0 Å². The highest BCUT2D eigenvalue weighted by Gasteiger charge is 2.34. The number of nitrogens with zero attached hydrogens (tertiary/aromatic N) is 1. The first-order chi connectivity index (χ1) is 5.79. The van der Waals surface area contributed by atoms with Gasteiger partial charge in [-0.2, -0.15) is 0 Å². The van der Waals surface area contributed by atoms with E-state index in [9.17, 15) is 0 Å². The van der Waals surface area contributed by atoms with Crippen LogP contribution in [-0.2, 0) is 0 Å². The first-order valence-electron chi connectivity index (χ1n) is 5.25. The van der Waals surface area contributed by atoms with E-state index < -0.39 is 0 Å². The van der Waals surface area contributed by atoms with Gasteiger partial charge in [-0.25, -0.2) is 0 Å². The van der Waals surface area contributed by atoms with E-state index >= 15 is 0 Å². The third kappa shape index (κ3) is 1.64. The molecule has 1 aliphatic rings. The summed E-state index contributed by atoms with van der Waals surface area (Å²) in [5.41, 5.74) is 0.451. The Morgan fingerprint density at radius 1 is 1.25 bits per heavy atom. The van der Waals surface area contributed by atoms with E-state index in [0.717, 1.165) is 6.54 Å². The van der Waals surface area contributed by atoms with Crippen LogP contribution in [0, 0.1) is 0 Å². The van der Waals surface area contributed by atoms with Crippen molar-refractivity contribution in [3.8, 4) is 0 Å². The van der Waals surface area contributed by atoms with Crippen molar-refractivity contribution in [3.05, 3.63) is 0 Å². The average molecular weight is 170 g/mol. The maximum absolute atomic E-state index is 3.50. The molecule has 1 aliphatic heterocycles. The monoisotopic (exact) mass is 170 g/mol. The number of rotatable bonds is 3. The van der Waals surface area contributed by atoms with E-state index in [1.54, 1.807) is 0 Å². The molecule has 1 saturated heterocycles. The summed E-state index contributed by atoms with van der Waals surface area (Å²) in [4.78, 5) is 2.63. The Morgan fingerprint density at radius 3 is 2.33 bits per heavy atom. The highest BCUT2D eigenvalue weighted by molar-refractivity contribution is 4.93. The zero-order valence-electron chi connectivity index (χ0n) is 8.69. The maximum atomic E-state index is 3.50. The summed E-state index contributed by atoms with van der Waals surface area (Å²) in [6.45, 7) is 11.6. The molecule has 0 spiro atoms. The molecule has 0 aromatic heterocycles. The summed E-state index contributed by atoms with van der Waals surface area (Å²) in [5.74, 6) is 0. The molecule has 1 rings (SSSR count). The van der Waals surface area contributed by atoms with Crippen molar-refractivity contribution in [3.63, 3.8) is 0 Å². The van der Waals surface area contributed by atoms with Crippen molar-refractivity contribution in [1.29, 1.82) is 0 Å². The second kappa shape index (κ2) is 4.24. The third-order valence-corrected chi connectivity index (χ3v) is 3.38. The molecule has 1 N–H and O–H groups in total. The summed E-state index contributed by atoms with van der Waals surface area (Å²) >= 11 is 0. The number of nitrogens with one attached hydrogen (secondary N) is 1. The Hall–Kier alpha value is -0.0800. The molecular formula is C10H22N2. The Labute approximate surface area is 76.3 Å². The van der Waals surface area contributed by atoms with Gasteiger partial charge in [0.2, 0.25) is 0 Å². The summed E-state index contributed by atoms with van der Waals surface area (Å²) in [5, 5.41) is 3.50. The fraction of sp³-hybridized carbons (Fsp3) is 1.00. The molecule has 0 amide bonds. The zero-order chi connectivity index (χ0) is 9.03. The standard InChI is InChI=1S/C10H22N2/c1-4-10(5-2)9-11-7-8-12(10)6-3/h11H,4-9H2,1-3H3. The van der Waals surface area contributed by atoms with E-state index in [1.807, 2.05) is 0 Å². The number of piperazine rings is 1. The number of hydrogen-bond donors (Lipinski definition) is 1. The molecule has 0 unspecified atom stereocenters. The molecule has 1 heterocycles. The van der Waals surface area contributed by atoms with Crippen molar-refractivity contribution in [2.24, 2.45) is 0 Å². The van der Waals surface area contributed by atoms with Crippen LogP contribution < -0.4 is 5.32 Å². The van der Waals surface area contributed by atoms with E-state index in [2.05, 4.69) is 31.0 Å². The van der Waals surface area contributed by atoms with Gasteiger partial charge < -0.3 is 5.32 Å². The van der Waals surface area contributed by atoms with E-state index in [0.29, 0.717) is 5.54 Å². The quantitative estimate of drug-likeness (QED) is 0.690. The lowest BCUT2D eigenvalue weighted by Crippen LogP contribution is -2.60. The highest BCUT2D eigenvalue weighted by atomic mass is 15.2. The predicted octanol–water partition coefficient (Wildman–Crippen LogP) is 1.47. The van der Waals surface area contributed by atoms with Crippen molar-refractivity contribution in [2.75, 3.05) is 26.2 Å². The molecule has 0 aromatic carbocycles. The smallest absolute Gasteiger partial charge is 0.0329 e.